The summed E-state index contributed by atoms with van der Waals surface area (Å²) in [4.78, 5) is 25.0. The number of hydrogen-bond donors (Lipinski definition) is 1. The minimum Gasteiger partial charge on any atom is -0.338 e. The van der Waals surface area contributed by atoms with E-state index in [4.69, 9.17) is 0 Å². The number of urea groups is 1. The van der Waals surface area contributed by atoms with Gasteiger partial charge in [-0.2, -0.15) is 0 Å². The Hall–Kier alpha value is -1.84. The van der Waals surface area contributed by atoms with Gasteiger partial charge in [-0.25, -0.2) is 4.79 Å². The van der Waals surface area contributed by atoms with Gasteiger partial charge in [-0.05, 0) is 19.1 Å². The molecular formula is C12H14N2O2. The van der Waals surface area contributed by atoms with E-state index in [1.807, 2.05) is 25.1 Å². The number of nitrogens with one attached hydrogen (secondary N) is 1. The van der Waals surface area contributed by atoms with E-state index in [1.54, 1.807) is 11.0 Å². The van der Waals surface area contributed by atoms with Crippen LogP contribution in [-0.4, -0.2) is 24.9 Å². The number of Topliss-reactive ketones (excluding diaryl/α,β-unsaturated/α-hetero) is 1. The number of para-hydroxylation sites is 1. The topological polar surface area (TPSA) is 49.4 Å². The first-order chi connectivity index (χ1) is 7.74. The van der Waals surface area contributed by atoms with E-state index < -0.39 is 0 Å². The van der Waals surface area contributed by atoms with Crippen molar-refractivity contribution in [3.8, 4) is 0 Å². The molecule has 0 spiro atoms. The second-order valence-corrected chi connectivity index (χ2v) is 3.68. The summed E-state index contributed by atoms with van der Waals surface area (Å²) in [5.74, 6) is 0.108. The van der Waals surface area contributed by atoms with Gasteiger partial charge in [0.25, 0.3) is 0 Å². The molecule has 4 nitrogen and oxygen atoms in total. The Morgan fingerprint density at radius 1 is 1.44 bits per heavy atom. The first-order valence-electron chi connectivity index (χ1n) is 5.41. The van der Waals surface area contributed by atoms with Crippen molar-refractivity contribution in [1.29, 1.82) is 0 Å². The molecule has 4 heteroatoms. The van der Waals surface area contributed by atoms with Crippen molar-refractivity contribution in [2.45, 2.75) is 13.3 Å². The molecule has 1 heterocycles. The Morgan fingerprint density at radius 3 is 2.94 bits per heavy atom. The molecule has 0 saturated carbocycles. The van der Waals surface area contributed by atoms with Gasteiger partial charge >= 0.3 is 6.03 Å². The van der Waals surface area contributed by atoms with Crippen molar-refractivity contribution in [3.63, 3.8) is 0 Å². The monoisotopic (exact) mass is 218 g/mol. The van der Waals surface area contributed by atoms with Crippen LogP contribution in [0.25, 0.3) is 0 Å². The fraction of sp³-hybridized carbons (Fsp3) is 0.333. The number of carbonyl (C=O) groups excluding carboxylic acids is 2. The van der Waals surface area contributed by atoms with Crippen molar-refractivity contribution >= 4 is 17.5 Å². The maximum Gasteiger partial charge on any atom is 0.321 e. The van der Waals surface area contributed by atoms with Gasteiger partial charge < -0.3 is 5.32 Å². The van der Waals surface area contributed by atoms with Crippen LogP contribution in [0.2, 0.25) is 0 Å². The van der Waals surface area contributed by atoms with Crippen molar-refractivity contribution < 1.29 is 9.59 Å². The number of carbonyl (C=O) groups is 2. The summed E-state index contributed by atoms with van der Waals surface area (Å²) in [6.07, 6.45) is 0.397. The number of fused-ring (bicyclic) bond motifs is 1. The Morgan fingerprint density at radius 2 is 2.19 bits per heavy atom. The van der Waals surface area contributed by atoms with Crippen LogP contribution in [0, 0.1) is 0 Å². The minimum atomic E-state index is -0.137. The summed E-state index contributed by atoms with van der Waals surface area (Å²) in [6, 6.07) is 7.09. The summed E-state index contributed by atoms with van der Waals surface area (Å²) in [5, 5.41) is 2.75. The largest absolute Gasteiger partial charge is 0.338 e. The molecule has 0 aromatic heterocycles. The first-order valence-corrected chi connectivity index (χ1v) is 5.41. The van der Waals surface area contributed by atoms with Gasteiger partial charge in [0, 0.05) is 25.1 Å². The van der Waals surface area contributed by atoms with Gasteiger partial charge in [-0.3, -0.25) is 9.69 Å². The van der Waals surface area contributed by atoms with Crippen LogP contribution >= 0.6 is 0 Å². The van der Waals surface area contributed by atoms with Crippen LogP contribution in [0.5, 0.6) is 0 Å². The fourth-order valence-corrected chi connectivity index (χ4v) is 1.87. The molecule has 1 aliphatic heterocycles. The molecule has 84 valence electrons. The van der Waals surface area contributed by atoms with Crippen LogP contribution in [0.15, 0.2) is 24.3 Å². The number of amides is 2. The highest BCUT2D eigenvalue weighted by molar-refractivity contribution is 6.08. The Labute approximate surface area is 94.2 Å². The molecule has 1 aliphatic rings. The third kappa shape index (κ3) is 1.78. The molecule has 2 amide bonds. The molecule has 0 aliphatic carbocycles. The predicted molar refractivity (Wildman–Crippen MR) is 61.8 cm³/mol. The number of ketones is 1. The number of benzene rings is 1. The van der Waals surface area contributed by atoms with Crippen molar-refractivity contribution in [2.24, 2.45) is 0 Å². The molecule has 0 unspecified atom stereocenters. The lowest BCUT2D eigenvalue weighted by Crippen LogP contribution is -2.43. The zero-order chi connectivity index (χ0) is 11.5. The van der Waals surface area contributed by atoms with Gasteiger partial charge in [0.1, 0.15) is 0 Å². The van der Waals surface area contributed by atoms with E-state index in [0.29, 0.717) is 30.8 Å². The lowest BCUT2D eigenvalue weighted by molar-refractivity contribution is 0.0981. The lowest BCUT2D eigenvalue weighted by atomic mass is 10.0. The summed E-state index contributed by atoms with van der Waals surface area (Å²) in [6.45, 7) is 2.92. The van der Waals surface area contributed by atoms with Gasteiger partial charge in [0.2, 0.25) is 0 Å². The zero-order valence-corrected chi connectivity index (χ0v) is 9.19. The van der Waals surface area contributed by atoms with Crippen molar-refractivity contribution in [3.05, 3.63) is 29.8 Å². The Kier molecular flexibility index (Phi) is 2.90. The van der Waals surface area contributed by atoms with E-state index in [-0.39, 0.29) is 11.8 Å². The van der Waals surface area contributed by atoms with Gasteiger partial charge in [0.05, 0.1) is 5.69 Å². The standard InChI is InChI=1S/C12H14N2O2/c1-2-13-12(16)14-8-7-11(15)9-5-3-4-6-10(9)14/h3-6H,2,7-8H2,1H3,(H,13,16). The van der Waals surface area contributed by atoms with Crippen LogP contribution in [0.3, 0.4) is 0 Å². The van der Waals surface area contributed by atoms with Crippen molar-refractivity contribution in [1.82, 2.24) is 5.32 Å². The van der Waals surface area contributed by atoms with E-state index in [0.717, 1.165) is 0 Å². The van der Waals surface area contributed by atoms with Crippen LogP contribution < -0.4 is 10.2 Å². The quantitative estimate of drug-likeness (QED) is 0.781. The minimum absolute atomic E-state index is 0.108. The number of nitrogens with zero attached hydrogens (tertiary/aromatic N) is 1. The highest BCUT2D eigenvalue weighted by atomic mass is 16.2. The summed E-state index contributed by atoms with van der Waals surface area (Å²) >= 11 is 0. The number of anilines is 1. The molecule has 0 radical (unpaired) electrons. The molecule has 1 aromatic rings. The molecular weight excluding hydrogens is 204 g/mol. The normalized spacial score (nSPS) is 14.6. The lowest BCUT2D eigenvalue weighted by Gasteiger charge is -2.28. The Balaban J connectivity index is 2.34. The molecule has 0 bridgehead atoms. The molecule has 2 rings (SSSR count). The van der Waals surface area contributed by atoms with Gasteiger partial charge in [-0.15, -0.1) is 0 Å². The summed E-state index contributed by atoms with van der Waals surface area (Å²) in [7, 11) is 0. The molecule has 0 saturated heterocycles. The van der Waals surface area contributed by atoms with Crippen molar-refractivity contribution in [2.75, 3.05) is 18.0 Å². The molecule has 1 N–H and O–H groups in total. The van der Waals surface area contributed by atoms with Gasteiger partial charge in [-0.1, -0.05) is 12.1 Å². The van der Waals surface area contributed by atoms with E-state index in [9.17, 15) is 9.59 Å². The maximum absolute atomic E-state index is 11.8. The fourth-order valence-electron chi connectivity index (χ4n) is 1.87. The average molecular weight is 218 g/mol. The highest BCUT2D eigenvalue weighted by Gasteiger charge is 2.26. The van der Waals surface area contributed by atoms with E-state index in [1.165, 1.54) is 0 Å². The molecule has 1 aromatic carbocycles. The molecule has 16 heavy (non-hydrogen) atoms. The second kappa shape index (κ2) is 4.35. The van der Waals surface area contributed by atoms with Crippen LogP contribution in [0.1, 0.15) is 23.7 Å². The Bertz CT molecular complexity index is 429. The average Bonchev–Trinajstić information content (AvgIpc) is 2.30. The van der Waals surface area contributed by atoms with E-state index in [2.05, 4.69) is 5.32 Å². The first kappa shape index (κ1) is 10.7. The second-order valence-electron chi connectivity index (χ2n) is 3.68. The predicted octanol–water partition coefficient (Wildman–Crippen LogP) is 1.81. The molecule has 0 atom stereocenters. The van der Waals surface area contributed by atoms with Gasteiger partial charge in [0.15, 0.2) is 5.78 Å². The smallest absolute Gasteiger partial charge is 0.321 e. The maximum atomic E-state index is 11.8. The zero-order valence-electron chi connectivity index (χ0n) is 9.19. The van der Waals surface area contributed by atoms with Crippen LogP contribution in [-0.2, 0) is 0 Å². The van der Waals surface area contributed by atoms with Crippen LogP contribution in [0.4, 0.5) is 10.5 Å². The third-order valence-corrected chi connectivity index (χ3v) is 2.63. The van der Waals surface area contributed by atoms with E-state index >= 15 is 0 Å². The number of hydrogen-bond acceptors (Lipinski definition) is 2. The molecule has 0 fully saturated rings. The third-order valence-electron chi connectivity index (χ3n) is 2.63. The summed E-state index contributed by atoms with van der Waals surface area (Å²) in [5.41, 5.74) is 1.35. The number of rotatable bonds is 1. The summed E-state index contributed by atoms with van der Waals surface area (Å²) < 4.78 is 0. The highest BCUT2D eigenvalue weighted by Crippen LogP contribution is 2.26. The SMILES string of the molecule is CCNC(=O)N1CCC(=O)c2ccccc21.